The Morgan fingerprint density at radius 3 is 2.43 bits per heavy atom. The predicted molar refractivity (Wildman–Crippen MR) is 49.6 cm³/mol. The van der Waals surface area contributed by atoms with Crippen LogP contribution in [0.2, 0.25) is 0 Å². The number of hydrogen-bond donors (Lipinski definition) is 1. The Kier molecular flexibility index (Phi) is 3.56. The maximum Gasteiger partial charge on any atom is 0.161 e. The maximum absolute atomic E-state index is 13.0. The molecule has 1 nitrogen and oxygen atoms in total. The van der Waals surface area contributed by atoms with Crippen molar-refractivity contribution < 1.29 is 13.2 Å². The van der Waals surface area contributed by atoms with Gasteiger partial charge in [0.05, 0.1) is 5.69 Å². The molecule has 0 saturated heterocycles. The molecule has 0 atom stereocenters. The third-order valence-corrected chi connectivity index (χ3v) is 1.67. The summed E-state index contributed by atoms with van der Waals surface area (Å²) < 4.78 is 38.1. The number of halogens is 3. The molecule has 0 amide bonds. The molecular weight excluding hydrogens is 191 g/mol. The Bertz CT molecular complexity index is 336. The summed E-state index contributed by atoms with van der Waals surface area (Å²) in [5.74, 6) is -3.04. The van der Waals surface area contributed by atoms with Gasteiger partial charge in [-0.1, -0.05) is 6.08 Å². The van der Waals surface area contributed by atoms with Crippen molar-refractivity contribution in [1.82, 2.24) is 0 Å². The molecule has 0 aliphatic heterocycles. The van der Waals surface area contributed by atoms with E-state index in [0.717, 1.165) is 6.07 Å². The lowest BCUT2D eigenvalue weighted by atomic mass is 10.2. The van der Waals surface area contributed by atoms with Crippen molar-refractivity contribution in [1.29, 1.82) is 0 Å². The van der Waals surface area contributed by atoms with E-state index in [1.807, 2.05) is 0 Å². The average Bonchev–Trinajstić information content (AvgIpc) is 2.14. The minimum atomic E-state index is -1.18. The number of rotatable bonds is 4. The monoisotopic (exact) mass is 201 g/mol. The van der Waals surface area contributed by atoms with Crippen molar-refractivity contribution in [2.24, 2.45) is 0 Å². The first-order valence-electron chi connectivity index (χ1n) is 4.14. The normalized spacial score (nSPS) is 9.93. The van der Waals surface area contributed by atoms with Gasteiger partial charge in [0.15, 0.2) is 11.6 Å². The van der Waals surface area contributed by atoms with Crippen LogP contribution in [-0.2, 0) is 0 Å². The highest BCUT2D eigenvalue weighted by molar-refractivity contribution is 5.45. The molecule has 4 heteroatoms. The summed E-state index contributed by atoms with van der Waals surface area (Å²) in [6.45, 7) is 3.91. The van der Waals surface area contributed by atoms with Gasteiger partial charge in [0, 0.05) is 18.7 Å². The zero-order valence-corrected chi connectivity index (χ0v) is 7.49. The molecular formula is C10H10F3N. The quantitative estimate of drug-likeness (QED) is 0.448. The zero-order valence-electron chi connectivity index (χ0n) is 7.49. The summed E-state index contributed by atoms with van der Waals surface area (Å²) in [5, 5.41) is 2.63. The number of nitrogens with one attached hydrogen (secondary N) is 1. The largest absolute Gasteiger partial charge is 0.382 e. The van der Waals surface area contributed by atoms with Gasteiger partial charge in [-0.15, -0.1) is 6.58 Å². The van der Waals surface area contributed by atoms with Gasteiger partial charge in [-0.3, -0.25) is 0 Å². The van der Waals surface area contributed by atoms with Gasteiger partial charge >= 0.3 is 0 Å². The molecule has 1 aromatic rings. The molecule has 0 heterocycles. The molecule has 0 aliphatic rings. The van der Waals surface area contributed by atoms with Crippen LogP contribution in [0.5, 0.6) is 0 Å². The number of hydrogen-bond acceptors (Lipinski definition) is 1. The highest BCUT2D eigenvalue weighted by atomic mass is 19.2. The van der Waals surface area contributed by atoms with E-state index in [0.29, 0.717) is 19.0 Å². The van der Waals surface area contributed by atoms with Gasteiger partial charge in [0.25, 0.3) is 0 Å². The van der Waals surface area contributed by atoms with E-state index in [9.17, 15) is 13.2 Å². The molecule has 0 aromatic heterocycles. The van der Waals surface area contributed by atoms with Gasteiger partial charge in [0.1, 0.15) is 5.82 Å². The van der Waals surface area contributed by atoms with Crippen LogP contribution in [0.15, 0.2) is 24.8 Å². The van der Waals surface area contributed by atoms with Crippen LogP contribution < -0.4 is 5.32 Å². The Hall–Kier alpha value is -1.45. The fourth-order valence-electron chi connectivity index (χ4n) is 0.967. The van der Waals surface area contributed by atoms with E-state index in [1.54, 1.807) is 6.08 Å². The van der Waals surface area contributed by atoms with Gasteiger partial charge in [0.2, 0.25) is 0 Å². The SMILES string of the molecule is C=CCCNc1cc(F)c(F)cc1F. The molecule has 0 fully saturated rings. The van der Waals surface area contributed by atoms with Crippen LogP contribution in [0.3, 0.4) is 0 Å². The van der Waals surface area contributed by atoms with E-state index in [2.05, 4.69) is 11.9 Å². The molecule has 0 radical (unpaired) electrons. The van der Waals surface area contributed by atoms with E-state index >= 15 is 0 Å². The Morgan fingerprint density at radius 1 is 1.14 bits per heavy atom. The third-order valence-electron chi connectivity index (χ3n) is 1.67. The first kappa shape index (κ1) is 10.6. The summed E-state index contributed by atoms with van der Waals surface area (Å²) in [5.41, 5.74) is -0.0363. The van der Waals surface area contributed by atoms with Gasteiger partial charge in [-0.25, -0.2) is 13.2 Å². The molecule has 1 rings (SSSR count). The van der Waals surface area contributed by atoms with Crippen LogP contribution in [0.25, 0.3) is 0 Å². The topological polar surface area (TPSA) is 12.0 Å². The van der Waals surface area contributed by atoms with Crippen molar-refractivity contribution in [2.45, 2.75) is 6.42 Å². The standard InChI is InChI=1S/C10H10F3N/c1-2-3-4-14-10-6-8(12)7(11)5-9(10)13/h2,5-6,14H,1,3-4H2. The molecule has 0 spiro atoms. The molecule has 0 unspecified atom stereocenters. The second kappa shape index (κ2) is 4.69. The number of benzene rings is 1. The lowest BCUT2D eigenvalue weighted by Crippen LogP contribution is -2.03. The van der Waals surface area contributed by atoms with Crippen LogP contribution in [-0.4, -0.2) is 6.54 Å². The molecule has 1 N–H and O–H groups in total. The summed E-state index contributed by atoms with van der Waals surface area (Å²) in [6.07, 6.45) is 2.27. The van der Waals surface area contributed by atoms with E-state index < -0.39 is 17.5 Å². The first-order valence-corrected chi connectivity index (χ1v) is 4.14. The molecule has 0 saturated carbocycles. The van der Waals surface area contributed by atoms with E-state index in [1.165, 1.54) is 0 Å². The van der Waals surface area contributed by atoms with Gasteiger partial charge in [-0.2, -0.15) is 0 Å². The average molecular weight is 201 g/mol. The van der Waals surface area contributed by atoms with Crippen molar-refractivity contribution >= 4 is 5.69 Å². The second-order valence-corrected chi connectivity index (χ2v) is 2.75. The first-order chi connectivity index (χ1) is 6.65. The fraction of sp³-hybridized carbons (Fsp3) is 0.200. The predicted octanol–water partition coefficient (Wildman–Crippen LogP) is 3.09. The lowest BCUT2D eigenvalue weighted by molar-refractivity contribution is 0.496. The van der Waals surface area contributed by atoms with Crippen molar-refractivity contribution in [2.75, 3.05) is 11.9 Å². The molecule has 0 bridgehead atoms. The number of anilines is 1. The maximum atomic E-state index is 13.0. The Labute approximate surface area is 80.2 Å². The minimum absolute atomic E-state index is 0.0363. The van der Waals surface area contributed by atoms with Gasteiger partial charge < -0.3 is 5.32 Å². The second-order valence-electron chi connectivity index (χ2n) is 2.75. The van der Waals surface area contributed by atoms with Crippen LogP contribution in [0.1, 0.15) is 6.42 Å². The summed E-state index contributed by atoms with van der Waals surface area (Å²) in [6, 6.07) is 1.32. The van der Waals surface area contributed by atoms with Crippen LogP contribution in [0.4, 0.5) is 18.9 Å². The third kappa shape index (κ3) is 2.52. The van der Waals surface area contributed by atoms with Crippen LogP contribution in [0, 0.1) is 17.5 Å². The summed E-state index contributed by atoms with van der Waals surface area (Å²) in [7, 11) is 0. The Morgan fingerprint density at radius 2 is 1.79 bits per heavy atom. The van der Waals surface area contributed by atoms with Crippen molar-refractivity contribution in [3.63, 3.8) is 0 Å². The smallest absolute Gasteiger partial charge is 0.161 e. The minimum Gasteiger partial charge on any atom is -0.382 e. The highest BCUT2D eigenvalue weighted by Crippen LogP contribution is 2.18. The lowest BCUT2D eigenvalue weighted by Gasteiger charge is -2.06. The van der Waals surface area contributed by atoms with E-state index in [4.69, 9.17) is 0 Å². The molecule has 76 valence electrons. The fourth-order valence-corrected chi connectivity index (χ4v) is 0.967. The molecule has 1 aromatic carbocycles. The highest BCUT2D eigenvalue weighted by Gasteiger charge is 2.08. The zero-order chi connectivity index (χ0) is 10.6. The van der Waals surface area contributed by atoms with Crippen LogP contribution >= 0.6 is 0 Å². The van der Waals surface area contributed by atoms with Crippen molar-refractivity contribution in [3.05, 3.63) is 42.2 Å². The van der Waals surface area contributed by atoms with E-state index in [-0.39, 0.29) is 5.69 Å². The van der Waals surface area contributed by atoms with Gasteiger partial charge in [-0.05, 0) is 6.42 Å². The summed E-state index contributed by atoms with van der Waals surface area (Å²) >= 11 is 0. The Balaban J connectivity index is 2.76. The molecule has 0 aliphatic carbocycles. The summed E-state index contributed by atoms with van der Waals surface area (Å²) in [4.78, 5) is 0. The molecule has 14 heavy (non-hydrogen) atoms. The van der Waals surface area contributed by atoms with Crippen molar-refractivity contribution in [3.8, 4) is 0 Å².